The molecule has 0 saturated carbocycles. The third kappa shape index (κ3) is 8.48. The molecule has 0 bridgehead atoms. The zero-order valence-corrected chi connectivity index (χ0v) is 23.8. The Morgan fingerprint density at radius 3 is 1.89 bits per heavy atom. The standard InChI is InChI=1S/C33H52N2O2/c1-3-5-7-9-11-13-15-17-19-28-25-34-30(35-26-28)29-20-23-32(24-21-29)31(37-32)33(27-36-33)22-18-16-14-12-10-8-6-4-2/h20-21,23,25-26,31H,3-19,22,24,27H2,1-2H3/t31?,32?,33-/m0/s1. The van der Waals surface area contributed by atoms with Crippen molar-refractivity contribution in [1.29, 1.82) is 0 Å². The van der Waals surface area contributed by atoms with Gasteiger partial charge in [0.2, 0.25) is 0 Å². The molecule has 4 heteroatoms. The van der Waals surface area contributed by atoms with E-state index in [1.807, 2.05) is 12.4 Å². The summed E-state index contributed by atoms with van der Waals surface area (Å²) in [6.45, 7) is 5.42. The van der Waals surface area contributed by atoms with E-state index >= 15 is 0 Å². The van der Waals surface area contributed by atoms with E-state index in [2.05, 4.69) is 42.0 Å². The second-order valence-electron chi connectivity index (χ2n) is 11.9. The van der Waals surface area contributed by atoms with Crippen molar-refractivity contribution in [3.05, 3.63) is 42.0 Å². The van der Waals surface area contributed by atoms with E-state index in [4.69, 9.17) is 9.47 Å². The lowest BCUT2D eigenvalue weighted by Crippen LogP contribution is -2.27. The summed E-state index contributed by atoms with van der Waals surface area (Å²) in [7, 11) is 0. The summed E-state index contributed by atoms with van der Waals surface area (Å²) in [5.41, 5.74) is 2.20. The van der Waals surface area contributed by atoms with E-state index in [-0.39, 0.29) is 17.3 Å². The van der Waals surface area contributed by atoms with E-state index in [0.29, 0.717) is 0 Å². The van der Waals surface area contributed by atoms with Crippen LogP contribution in [-0.4, -0.2) is 33.9 Å². The number of unbranched alkanes of at least 4 members (excludes halogenated alkanes) is 14. The zero-order chi connectivity index (χ0) is 25.8. The highest BCUT2D eigenvalue weighted by Gasteiger charge is 2.70. The average Bonchev–Trinajstić information content (AvgIpc) is 3.85. The maximum Gasteiger partial charge on any atom is 0.158 e. The Morgan fingerprint density at radius 2 is 1.35 bits per heavy atom. The molecule has 0 radical (unpaired) electrons. The maximum absolute atomic E-state index is 6.29. The van der Waals surface area contributed by atoms with Crippen molar-refractivity contribution in [3.63, 3.8) is 0 Å². The topological polar surface area (TPSA) is 50.8 Å². The Balaban J connectivity index is 1.12. The number of epoxide rings is 2. The Labute approximate surface area is 226 Å². The van der Waals surface area contributed by atoms with Crippen LogP contribution >= 0.6 is 0 Å². The van der Waals surface area contributed by atoms with Crippen LogP contribution in [0.4, 0.5) is 0 Å². The molecular weight excluding hydrogens is 456 g/mol. The second-order valence-corrected chi connectivity index (χ2v) is 11.9. The third-order valence-corrected chi connectivity index (χ3v) is 8.64. The second kappa shape index (κ2) is 14.6. The van der Waals surface area contributed by atoms with Crippen molar-refractivity contribution >= 4 is 5.57 Å². The monoisotopic (exact) mass is 508 g/mol. The Hall–Kier alpha value is -1.52. The highest BCUT2D eigenvalue weighted by Crippen LogP contribution is 2.56. The first-order valence-corrected chi connectivity index (χ1v) is 15.7. The smallest absolute Gasteiger partial charge is 0.158 e. The lowest BCUT2D eigenvalue weighted by Gasteiger charge is -2.15. The summed E-state index contributed by atoms with van der Waals surface area (Å²) < 4.78 is 12.3. The van der Waals surface area contributed by atoms with Crippen LogP contribution in [0.5, 0.6) is 0 Å². The molecule has 0 aromatic carbocycles. The Morgan fingerprint density at radius 1 is 0.784 bits per heavy atom. The Kier molecular flexibility index (Phi) is 11.2. The van der Waals surface area contributed by atoms with E-state index in [9.17, 15) is 0 Å². The fourth-order valence-corrected chi connectivity index (χ4v) is 6.00. The largest absolute Gasteiger partial charge is 0.367 e. The van der Waals surface area contributed by atoms with Crippen molar-refractivity contribution < 1.29 is 9.47 Å². The highest BCUT2D eigenvalue weighted by atomic mass is 16.7. The number of ether oxygens (including phenoxy) is 2. The first-order chi connectivity index (χ1) is 18.2. The molecule has 1 aromatic rings. The molecule has 3 aliphatic rings. The molecule has 2 unspecified atom stereocenters. The summed E-state index contributed by atoms with van der Waals surface area (Å²) in [5, 5.41) is 0. The average molecular weight is 509 g/mol. The molecule has 1 spiro atoms. The predicted molar refractivity (Wildman–Crippen MR) is 154 cm³/mol. The minimum atomic E-state index is -0.156. The molecule has 1 aliphatic carbocycles. The molecule has 3 atom stereocenters. The van der Waals surface area contributed by atoms with E-state index in [1.54, 1.807) is 0 Å². The third-order valence-electron chi connectivity index (χ3n) is 8.64. The molecule has 1 aromatic heterocycles. The van der Waals surface area contributed by atoms with E-state index in [0.717, 1.165) is 37.3 Å². The molecule has 2 saturated heterocycles. The van der Waals surface area contributed by atoms with Crippen molar-refractivity contribution in [3.8, 4) is 0 Å². The minimum absolute atomic E-state index is 0.0223. The van der Waals surface area contributed by atoms with Crippen LogP contribution in [-0.2, 0) is 15.9 Å². The molecule has 0 amide bonds. The van der Waals surface area contributed by atoms with Gasteiger partial charge >= 0.3 is 0 Å². The van der Waals surface area contributed by atoms with Gasteiger partial charge in [-0.25, -0.2) is 9.97 Å². The van der Waals surface area contributed by atoms with Crippen LogP contribution < -0.4 is 0 Å². The number of aromatic nitrogens is 2. The van der Waals surface area contributed by atoms with Crippen LogP contribution in [0.3, 0.4) is 0 Å². The van der Waals surface area contributed by atoms with Gasteiger partial charge in [-0.2, -0.15) is 0 Å². The van der Waals surface area contributed by atoms with Gasteiger partial charge in [0.1, 0.15) is 17.3 Å². The molecule has 4 nitrogen and oxygen atoms in total. The molecule has 37 heavy (non-hydrogen) atoms. The highest BCUT2D eigenvalue weighted by molar-refractivity contribution is 5.71. The predicted octanol–water partition coefficient (Wildman–Crippen LogP) is 8.94. The quantitative estimate of drug-likeness (QED) is 0.130. The van der Waals surface area contributed by atoms with Crippen molar-refractivity contribution in [2.24, 2.45) is 0 Å². The summed E-state index contributed by atoms with van der Waals surface area (Å²) >= 11 is 0. The summed E-state index contributed by atoms with van der Waals surface area (Å²) in [6, 6.07) is 0. The van der Waals surface area contributed by atoms with Gasteiger partial charge in [0, 0.05) is 24.4 Å². The van der Waals surface area contributed by atoms with Crippen LogP contribution in [0.15, 0.2) is 30.6 Å². The van der Waals surface area contributed by atoms with Crippen LogP contribution in [0.1, 0.15) is 141 Å². The number of aryl methyl sites for hydroxylation is 1. The first-order valence-electron chi connectivity index (χ1n) is 15.7. The number of nitrogens with zero attached hydrogens (tertiary/aromatic N) is 2. The molecular formula is C33H52N2O2. The van der Waals surface area contributed by atoms with Gasteiger partial charge in [0.05, 0.1) is 6.61 Å². The lowest BCUT2D eigenvalue weighted by molar-refractivity contribution is 0.217. The van der Waals surface area contributed by atoms with Crippen LogP contribution in [0.2, 0.25) is 0 Å². The van der Waals surface area contributed by atoms with Gasteiger partial charge < -0.3 is 9.47 Å². The fourth-order valence-electron chi connectivity index (χ4n) is 6.00. The zero-order valence-electron chi connectivity index (χ0n) is 23.8. The molecule has 2 fully saturated rings. The summed E-state index contributed by atoms with van der Waals surface area (Å²) in [4.78, 5) is 9.37. The van der Waals surface area contributed by atoms with E-state index < -0.39 is 0 Å². The molecule has 2 aliphatic heterocycles. The van der Waals surface area contributed by atoms with E-state index in [1.165, 1.54) is 108 Å². The van der Waals surface area contributed by atoms with Crippen LogP contribution in [0.25, 0.3) is 5.57 Å². The van der Waals surface area contributed by atoms with Gasteiger partial charge in [-0.15, -0.1) is 0 Å². The van der Waals surface area contributed by atoms with Gasteiger partial charge in [0.25, 0.3) is 0 Å². The normalized spacial score (nSPS) is 26.0. The summed E-state index contributed by atoms with van der Waals surface area (Å²) in [5.74, 6) is 0.833. The lowest BCUT2D eigenvalue weighted by atomic mass is 9.85. The minimum Gasteiger partial charge on any atom is -0.367 e. The number of hydrogen-bond donors (Lipinski definition) is 0. The maximum atomic E-state index is 6.29. The van der Waals surface area contributed by atoms with Crippen molar-refractivity contribution in [2.45, 2.75) is 153 Å². The van der Waals surface area contributed by atoms with Gasteiger partial charge in [-0.05, 0) is 30.9 Å². The fraction of sp³-hybridized carbons (Fsp3) is 0.758. The van der Waals surface area contributed by atoms with Crippen molar-refractivity contribution in [1.82, 2.24) is 9.97 Å². The van der Waals surface area contributed by atoms with Gasteiger partial charge in [0.15, 0.2) is 5.82 Å². The number of hydrogen-bond acceptors (Lipinski definition) is 4. The van der Waals surface area contributed by atoms with Crippen molar-refractivity contribution in [2.75, 3.05) is 6.61 Å². The summed E-state index contributed by atoms with van der Waals surface area (Å²) in [6.07, 6.45) is 35.7. The molecule has 3 heterocycles. The Bertz CT molecular complexity index is 858. The number of rotatable bonds is 20. The molecule has 0 N–H and O–H groups in total. The first kappa shape index (κ1) is 28.5. The van der Waals surface area contributed by atoms with Crippen LogP contribution in [0, 0.1) is 0 Å². The molecule has 4 rings (SSSR count). The SMILES string of the molecule is CCCCCCCCCCc1cnc(C2=CCC3(C=C2)OC3[C@]2(CCCCCCCCCC)CO2)nc1. The number of allylic oxidation sites excluding steroid dienone is 2. The van der Waals surface area contributed by atoms with Gasteiger partial charge in [-0.3, -0.25) is 0 Å². The van der Waals surface area contributed by atoms with Gasteiger partial charge in [-0.1, -0.05) is 122 Å². The molecule has 206 valence electrons.